The Bertz CT molecular complexity index is 1960. The zero-order valence-corrected chi connectivity index (χ0v) is 20.1. The SMILES string of the molecule is CNS(=O)(=O)c1ccc2nc(-c3c[nH]c4ccccc34)n(-c3ccc4c(c3)n(C)c(=O)n4C)c2c1. The Morgan fingerprint density at radius 2 is 1.69 bits per heavy atom. The highest BCUT2D eigenvalue weighted by atomic mass is 32.2. The summed E-state index contributed by atoms with van der Waals surface area (Å²) in [6, 6.07) is 18.6. The summed E-state index contributed by atoms with van der Waals surface area (Å²) in [5.74, 6) is 0.664. The van der Waals surface area contributed by atoms with E-state index in [0.29, 0.717) is 16.9 Å². The quantitative estimate of drug-likeness (QED) is 0.399. The fourth-order valence-corrected chi connectivity index (χ4v) is 5.42. The second kappa shape index (κ2) is 7.42. The van der Waals surface area contributed by atoms with Crippen LogP contribution in [0.1, 0.15) is 0 Å². The number of benzene rings is 3. The Hall–Kier alpha value is -4.15. The molecule has 3 heterocycles. The second-order valence-electron chi connectivity index (χ2n) is 8.45. The molecule has 6 rings (SSSR count). The summed E-state index contributed by atoms with van der Waals surface area (Å²) >= 11 is 0. The van der Waals surface area contributed by atoms with Crippen molar-refractivity contribution in [1.82, 2.24) is 28.4 Å². The zero-order chi connectivity index (χ0) is 24.5. The van der Waals surface area contributed by atoms with Crippen LogP contribution in [0, 0.1) is 0 Å². The summed E-state index contributed by atoms with van der Waals surface area (Å²) in [6.07, 6.45) is 1.91. The lowest BCUT2D eigenvalue weighted by Gasteiger charge is -2.11. The van der Waals surface area contributed by atoms with E-state index in [-0.39, 0.29) is 10.6 Å². The van der Waals surface area contributed by atoms with Crippen LogP contribution >= 0.6 is 0 Å². The zero-order valence-electron chi connectivity index (χ0n) is 19.3. The summed E-state index contributed by atoms with van der Waals surface area (Å²) in [4.78, 5) is 20.9. The van der Waals surface area contributed by atoms with Crippen LogP contribution in [0.4, 0.5) is 0 Å². The number of para-hydroxylation sites is 1. The second-order valence-corrected chi connectivity index (χ2v) is 10.3. The number of aryl methyl sites for hydroxylation is 2. The summed E-state index contributed by atoms with van der Waals surface area (Å²) < 4.78 is 32.7. The van der Waals surface area contributed by atoms with E-state index in [2.05, 4.69) is 9.71 Å². The molecular weight excluding hydrogens is 464 g/mol. The number of aromatic nitrogens is 5. The van der Waals surface area contributed by atoms with Crippen LogP contribution in [0.15, 0.2) is 76.6 Å². The van der Waals surface area contributed by atoms with E-state index in [1.807, 2.05) is 53.2 Å². The van der Waals surface area contributed by atoms with Gasteiger partial charge in [-0.25, -0.2) is 22.9 Å². The van der Waals surface area contributed by atoms with Gasteiger partial charge in [0.15, 0.2) is 0 Å². The maximum atomic E-state index is 12.6. The van der Waals surface area contributed by atoms with Crippen LogP contribution in [-0.2, 0) is 24.1 Å². The molecule has 3 aromatic carbocycles. The first kappa shape index (κ1) is 21.4. The Kier molecular flexibility index (Phi) is 4.54. The molecule has 176 valence electrons. The van der Waals surface area contributed by atoms with Gasteiger partial charge in [-0.3, -0.25) is 13.7 Å². The average Bonchev–Trinajstić information content (AvgIpc) is 3.53. The third-order valence-electron chi connectivity index (χ3n) is 6.55. The standard InChI is InChI=1S/C25H22N6O3S/c1-26-35(33,34)16-9-10-20-22(13-16)31(15-8-11-21-23(12-15)30(3)25(32)29(21)2)24(28-20)18-14-27-19-7-5-4-6-17(18)19/h4-14,26-27H,1-3H3. The number of nitrogens with one attached hydrogen (secondary N) is 2. The van der Waals surface area contributed by atoms with Crippen molar-refractivity contribution in [3.63, 3.8) is 0 Å². The molecule has 0 aliphatic heterocycles. The van der Waals surface area contributed by atoms with Crippen molar-refractivity contribution < 1.29 is 8.42 Å². The molecule has 0 amide bonds. The molecule has 0 aliphatic carbocycles. The number of rotatable bonds is 4. The van der Waals surface area contributed by atoms with E-state index in [1.165, 1.54) is 7.05 Å². The van der Waals surface area contributed by atoms with Crippen LogP contribution in [0.2, 0.25) is 0 Å². The van der Waals surface area contributed by atoms with Crippen molar-refractivity contribution in [1.29, 1.82) is 0 Å². The van der Waals surface area contributed by atoms with Gasteiger partial charge in [0.2, 0.25) is 10.0 Å². The Morgan fingerprint density at radius 3 is 2.49 bits per heavy atom. The molecule has 0 radical (unpaired) electrons. The largest absolute Gasteiger partial charge is 0.360 e. The number of sulfonamides is 1. The normalized spacial score (nSPS) is 12.3. The Morgan fingerprint density at radius 1 is 0.914 bits per heavy atom. The molecular formula is C25H22N6O3S. The molecule has 10 heteroatoms. The van der Waals surface area contributed by atoms with Crippen LogP contribution in [-0.4, -0.2) is 39.1 Å². The third-order valence-corrected chi connectivity index (χ3v) is 7.96. The summed E-state index contributed by atoms with van der Waals surface area (Å²) in [5, 5.41) is 1.00. The highest BCUT2D eigenvalue weighted by molar-refractivity contribution is 7.89. The molecule has 35 heavy (non-hydrogen) atoms. The highest BCUT2D eigenvalue weighted by Crippen LogP contribution is 2.34. The van der Waals surface area contributed by atoms with Crippen molar-refractivity contribution >= 4 is 43.0 Å². The van der Waals surface area contributed by atoms with Gasteiger partial charge in [-0.2, -0.15) is 0 Å². The first-order valence-corrected chi connectivity index (χ1v) is 12.5. The fraction of sp³-hybridized carbons (Fsp3) is 0.120. The van der Waals surface area contributed by atoms with Gasteiger partial charge in [0, 0.05) is 42.4 Å². The highest BCUT2D eigenvalue weighted by Gasteiger charge is 2.21. The molecule has 3 aromatic heterocycles. The summed E-state index contributed by atoms with van der Waals surface area (Å²) in [6.45, 7) is 0. The van der Waals surface area contributed by atoms with Crippen molar-refractivity contribution in [3.8, 4) is 17.1 Å². The first-order valence-electron chi connectivity index (χ1n) is 11.0. The van der Waals surface area contributed by atoms with Gasteiger partial charge >= 0.3 is 5.69 Å². The molecule has 0 bridgehead atoms. The minimum atomic E-state index is -3.66. The lowest BCUT2D eigenvalue weighted by Crippen LogP contribution is -2.19. The molecule has 0 aliphatic rings. The van der Waals surface area contributed by atoms with Gasteiger partial charge in [0.25, 0.3) is 0 Å². The number of aromatic amines is 1. The van der Waals surface area contributed by atoms with Crippen molar-refractivity contribution in [2.45, 2.75) is 4.90 Å². The van der Waals surface area contributed by atoms with Crippen LogP contribution < -0.4 is 10.4 Å². The molecule has 0 fully saturated rings. The van der Waals surface area contributed by atoms with E-state index in [1.54, 1.807) is 41.4 Å². The molecule has 0 saturated carbocycles. The molecule has 0 unspecified atom stereocenters. The first-order chi connectivity index (χ1) is 16.8. The van der Waals surface area contributed by atoms with Crippen LogP contribution in [0.25, 0.3) is 50.0 Å². The van der Waals surface area contributed by atoms with Gasteiger partial charge in [0.05, 0.1) is 27.0 Å². The lowest BCUT2D eigenvalue weighted by atomic mass is 10.1. The Labute approximate surface area is 200 Å². The molecule has 6 aromatic rings. The van der Waals surface area contributed by atoms with E-state index in [0.717, 1.165) is 33.2 Å². The van der Waals surface area contributed by atoms with E-state index >= 15 is 0 Å². The average molecular weight is 487 g/mol. The van der Waals surface area contributed by atoms with Crippen molar-refractivity contribution in [3.05, 3.63) is 77.3 Å². The monoisotopic (exact) mass is 486 g/mol. The van der Waals surface area contributed by atoms with Crippen molar-refractivity contribution in [2.75, 3.05) is 7.05 Å². The topological polar surface area (TPSA) is 107 Å². The Balaban J connectivity index is 1.72. The predicted molar refractivity (Wildman–Crippen MR) is 136 cm³/mol. The maximum absolute atomic E-state index is 12.6. The maximum Gasteiger partial charge on any atom is 0.328 e. The van der Waals surface area contributed by atoms with Crippen molar-refractivity contribution in [2.24, 2.45) is 14.1 Å². The lowest BCUT2D eigenvalue weighted by molar-refractivity contribution is 0.588. The number of hydrogen-bond acceptors (Lipinski definition) is 4. The van der Waals surface area contributed by atoms with Gasteiger partial charge in [-0.15, -0.1) is 0 Å². The number of fused-ring (bicyclic) bond motifs is 3. The molecule has 0 atom stereocenters. The molecule has 9 nitrogen and oxygen atoms in total. The number of nitrogens with zero attached hydrogens (tertiary/aromatic N) is 4. The van der Waals surface area contributed by atoms with Gasteiger partial charge in [0.1, 0.15) is 5.82 Å². The third kappa shape index (κ3) is 3.07. The molecule has 2 N–H and O–H groups in total. The summed E-state index contributed by atoms with van der Waals surface area (Å²) in [7, 11) is 1.20. The summed E-state index contributed by atoms with van der Waals surface area (Å²) in [5.41, 5.74) is 5.37. The fourth-order valence-electron chi connectivity index (χ4n) is 4.67. The predicted octanol–water partition coefficient (Wildman–Crippen LogP) is 3.27. The smallest absolute Gasteiger partial charge is 0.328 e. The minimum absolute atomic E-state index is 0.119. The number of imidazole rings is 2. The van der Waals surface area contributed by atoms with Gasteiger partial charge in [-0.1, -0.05) is 18.2 Å². The van der Waals surface area contributed by atoms with Gasteiger partial charge in [-0.05, 0) is 49.5 Å². The molecule has 0 spiro atoms. The van der Waals surface area contributed by atoms with E-state index < -0.39 is 10.0 Å². The number of H-pyrrole nitrogens is 1. The van der Waals surface area contributed by atoms with Crippen LogP contribution in [0.3, 0.4) is 0 Å². The van der Waals surface area contributed by atoms with E-state index in [4.69, 9.17) is 4.98 Å². The van der Waals surface area contributed by atoms with Gasteiger partial charge < -0.3 is 4.98 Å². The minimum Gasteiger partial charge on any atom is -0.360 e. The number of hydrogen-bond donors (Lipinski definition) is 2. The van der Waals surface area contributed by atoms with Crippen LogP contribution in [0.5, 0.6) is 0 Å². The van der Waals surface area contributed by atoms with E-state index in [9.17, 15) is 13.2 Å². The molecule has 0 saturated heterocycles.